The third kappa shape index (κ3) is 3.41. The normalized spacial score (nSPS) is 12.1. The van der Waals surface area contributed by atoms with Crippen LogP contribution in [0.4, 0.5) is 0 Å². The van der Waals surface area contributed by atoms with Gasteiger partial charge in [0, 0.05) is 17.5 Å². The molecular weight excluding hydrogens is 320 g/mol. The van der Waals surface area contributed by atoms with E-state index in [-0.39, 0.29) is 18.4 Å². The summed E-state index contributed by atoms with van der Waals surface area (Å²) in [6.45, 7) is 3.89. The monoisotopic (exact) mass is 340 g/mol. The number of carbonyl (C=O) groups excluding carboxylic acids is 1. The highest BCUT2D eigenvalue weighted by Crippen LogP contribution is 2.25. The average Bonchev–Trinajstić information content (AvgIpc) is 3.25. The smallest absolute Gasteiger partial charge is 0.228 e. The number of hydrogen-bond donors (Lipinski definition) is 0. The van der Waals surface area contributed by atoms with Crippen molar-refractivity contribution in [3.05, 3.63) is 64.2 Å². The van der Waals surface area contributed by atoms with Crippen molar-refractivity contribution >= 4 is 17.2 Å². The second-order valence-electron chi connectivity index (χ2n) is 5.76. The van der Waals surface area contributed by atoms with Crippen LogP contribution in [-0.4, -0.2) is 22.8 Å². The number of amides is 1. The Morgan fingerprint density at radius 3 is 2.67 bits per heavy atom. The van der Waals surface area contributed by atoms with Crippen molar-refractivity contribution in [1.29, 1.82) is 0 Å². The molecule has 0 fully saturated rings. The van der Waals surface area contributed by atoms with Gasteiger partial charge in [-0.1, -0.05) is 24.3 Å². The van der Waals surface area contributed by atoms with E-state index in [9.17, 15) is 4.79 Å². The third-order valence-electron chi connectivity index (χ3n) is 4.16. The summed E-state index contributed by atoms with van der Waals surface area (Å²) in [5.74, 6) is 1.29. The first kappa shape index (κ1) is 16.5. The van der Waals surface area contributed by atoms with E-state index in [4.69, 9.17) is 4.42 Å². The Labute approximate surface area is 145 Å². The van der Waals surface area contributed by atoms with E-state index < -0.39 is 0 Å². The molecule has 4 nitrogen and oxygen atoms in total. The molecular formula is C19H20N2O2S. The highest BCUT2D eigenvalue weighted by molar-refractivity contribution is 7.10. The van der Waals surface area contributed by atoms with E-state index in [1.807, 2.05) is 68.7 Å². The van der Waals surface area contributed by atoms with Gasteiger partial charge in [-0.3, -0.25) is 4.79 Å². The van der Waals surface area contributed by atoms with Gasteiger partial charge in [-0.15, -0.1) is 11.3 Å². The molecule has 0 saturated carbocycles. The number of oxazole rings is 1. The molecule has 0 aliphatic heterocycles. The summed E-state index contributed by atoms with van der Waals surface area (Å²) in [6, 6.07) is 13.8. The molecule has 124 valence electrons. The van der Waals surface area contributed by atoms with Gasteiger partial charge in [0.15, 0.2) is 0 Å². The Bertz CT molecular complexity index is 809. The number of benzene rings is 1. The lowest BCUT2D eigenvalue weighted by molar-refractivity contribution is -0.131. The first-order chi connectivity index (χ1) is 11.6. The van der Waals surface area contributed by atoms with Crippen molar-refractivity contribution in [3.8, 4) is 11.5 Å². The predicted molar refractivity (Wildman–Crippen MR) is 95.9 cm³/mol. The second kappa shape index (κ2) is 7.01. The van der Waals surface area contributed by atoms with Crippen molar-refractivity contribution < 1.29 is 9.21 Å². The standard InChI is InChI=1S/C19H20N2O2S/c1-13(17-10-7-11-24-17)21(3)18(22)12-16-14(2)23-19(20-16)15-8-5-4-6-9-15/h4-11,13H,12H2,1-3H3/t13-/m0/s1. The van der Waals surface area contributed by atoms with Crippen molar-refractivity contribution in [1.82, 2.24) is 9.88 Å². The molecule has 2 heterocycles. The molecule has 1 amide bonds. The summed E-state index contributed by atoms with van der Waals surface area (Å²) in [7, 11) is 1.83. The fraction of sp³-hybridized carbons (Fsp3) is 0.263. The molecule has 1 atom stereocenters. The molecule has 0 aliphatic rings. The number of hydrogen-bond acceptors (Lipinski definition) is 4. The predicted octanol–water partition coefficient (Wildman–Crippen LogP) is 4.47. The van der Waals surface area contributed by atoms with E-state index in [1.165, 1.54) is 4.88 Å². The summed E-state index contributed by atoms with van der Waals surface area (Å²) in [5.41, 5.74) is 1.61. The third-order valence-corrected chi connectivity index (χ3v) is 5.20. The number of likely N-dealkylation sites (N-methyl/N-ethyl adjacent to an activating group) is 1. The Kier molecular flexibility index (Phi) is 4.81. The minimum absolute atomic E-state index is 0.0342. The Morgan fingerprint density at radius 2 is 2.00 bits per heavy atom. The van der Waals surface area contributed by atoms with Crippen LogP contribution in [0.25, 0.3) is 11.5 Å². The topological polar surface area (TPSA) is 46.3 Å². The summed E-state index contributed by atoms with van der Waals surface area (Å²) < 4.78 is 5.73. The lowest BCUT2D eigenvalue weighted by Gasteiger charge is -2.23. The van der Waals surface area contributed by atoms with Gasteiger partial charge in [-0.05, 0) is 37.4 Å². The van der Waals surface area contributed by atoms with Crippen LogP contribution in [0.1, 0.15) is 29.3 Å². The zero-order valence-corrected chi connectivity index (χ0v) is 14.8. The minimum Gasteiger partial charge on any atom is -0.441 e. The van der Waals surface area contributed by atoms with Crippen molar-refractivity contribution in [2.45, 2.75) is 26.3 Å². The average molecular weight is 340 g/mol. The van der Waals surface area contributed by atoms with Gasteiger partial charge in [-0.2, -0.15) is 0 Å². The fourth-order valence-electron chi connectivity index (χ4n) is 2.50. The lowest BCUT2D eigenvalue weighted by atomic mass is 10.2. The number of aromatic nitrogens is 1. The first-order valence-electron chi connectivity index (χ1n) is 7.87. The number of carbonyl (C=O) groups is 1. The van der Waals surface area contributed by atoms with Crippen LogP contribution in [0.15, 0.2) is 52.3 Å². The van der Waals surface area contributed by atoms with Crippen molar-refractivity contribution in [2.75, 3.05) is 7.05 Å². The van der Waals surface area contributed by atoms with Gasteiger partial charge in [0.2, 0.25) is 11.8 Å². The Morgan fingerprint density at radius 1 is 1.25 bits per heavy atom. The van der Waals surface area contributed by atoms with Crippen LogP contribution in [0.3, 0.4) is 0 Å². The van der Waals surface area contributed by atoms with Gasteiger partial charge in [-0.25, -0.2) is 4.98 Å². The molecule has 0 spiro atoms. The molecule has 24 heavy (non-hydrogen) atoms. The van der Waals surface area contributed by atoms with E-state index in [0.29, 0.717) is 17.3 Å². The number of rotatable bonds is 5. The molecule has 5 heteroatoms. The summed E-state index contributed by atoms with van der Waals surface area (Å²) in [5, 5.41) is 2.03. The lowest BCUT2D eigenvalue weighted by Crippen LogP contribution is -2.30. The molecule has 0 saturated heterocycles. The van der Waals surface area contributed by atoms with Crippen LogP contribution >= 0.6 is 11.3 Å². The van der Waals surface area contributed by atoms with Crippen LogP contribution in [0, 0.1) is 6.92 Å². The maximum Gasteiger partial charge on any atom is 0.228 e. The SMILES string of the molecule is Cc1oc(-c2ccccc2)nc1CC(=O)N(C)[C@@H](C)c1cccs1. The first-order valence-corrected chi connectivity index (χ1v) is 8.75. The summed E-state index contributed by atoms with van der Waals surface area (Å²) >= 11 is 1.66. The number of thiophene rings is 1. The Balaban J connectivity index is 1.74. The number of nitrogens with zero attached hydrogens (tertiary/aromatic N) is 2. The zero-order chi connectivity index (χ0) is 17.1. The van der Waals surface area contributed by atoms with Crippen LogP contribution in [0.5, 0.6) is 0 Å². The second-order valence-corrected chi connectivity index (χ2v) is 6.74. The maximum absolute atomic E-state index is 12.6. The Hall–Kier alpha value is -2.40. The van der Waals surface area contributed by atoms with Crippen molar-refractivity contribution in [2.24, 2.45) is 0 Å². The number of aryl methyl sites for hydroxylation is 1. The molecule has 3 aromatic rings. The van der Waals surface area contributed by atoms with Gasteiger partial charge < -0.3 is 9.32 Å². The quantitative estimate of drug-likeness (QED) is 0.688. The highest BCUT2D eigenvalue weighted by atomic mass is 32.1. The molecule has 0 radical (unpaired) electrons. The molecule has 0 bridgehead atoms. The molecule has 2 aromatic heterocycles. The van der Waals surface area contributed by atoms with Crippen LogP contribution in [-0.2, 0) is 11.2 Å². The van der Waals surface area contributed by atoms with Gasteiger partial charge >= 0.3 is 0 Å². The fourth-order valence-corrected chi connectivity index (χ4v) is 3.33. The van der Waals surface area contributed by atoms with Gasteiger partial charge in [0.25, 0.3) is 0 Å². The van der Waals surface area contributed by atoms with Gasteiger partial charge in [0.05, 0.1) is 18.2 Å². The highest BCUT2D eigenvalue weighted by Gasteiger charge is 2.21. The van der Waals surface area contributed by atoms with E-state index in [0.717, 1.165) is 5.56 Å². The van der Waals surface area contributed by atoms with Gasteiger partial charge in [0.1, 0.15) is 5.76 Å². The van der Waals surface area contributed by atoms with E-state index in [2.05, 4.69) is 4.98 Å². The molecule has 0 N–H and O–H groups in total. The molecule has 0 aliphatic carbocycles. The van der Waals surface area contributed by atoms with Crippen molar-refractivity contribution in [3.63, 3.8) is 0 Å². The van der Waals surface area contributed by atoms with E-state index >= 15 is 0 Å². The summed E-state index contributed by atoms with van der Waals surface area (Å²) in [6.07, 6.45) is 0.244. The van der Waals surface area contributed by atoms with E-state index in [1.54, 1.807) is 16.2 Å². The summed E-state index contributed by atoms with van der Waals surface area (Å²) in [4.78, 5) is 20.0. The van der Waals surface area contributed by atoms with Crippen LogP contribution < -0.4 is 0 Å². The minimum atomic E-state index is 0.0342. The molecule has 1 aromatic carbocycles. The van der Waals surface area contributed by atoms with Crippen LogP contribution in [0.2, 0.25) is 0 Å². The molecule has 0 unspecified atom stereocenters. The largest absolute Gasteiger partial charge is 0.441 e. The molecule has 3 rings (SSSR count). The zero-order valence-electron chi connectivity index (χ0n) is 14.0. The maximum atomic E-state index is 12.6.